The minimum atomic E-state index is -0.475. The molecule has 0 radical (unpaired) electrons. The summed E-state index contributed by atoms with van der Waals surface area (Å²) in [6, 6.07) is 19.2. The lowest BCUT2D eigenvalue weighted by Gasteiger charge is -2.42. The Morgan fingerprint density at radius 3 is 2.45 bits per heavy atom. The van der Waals surface area contributed by atoms with Crippen molar-refractivity contribution in [2.24, 2.45) is 5.92 Å². The van der Waals surface area contributed by atoms with Crippen molar-refractivity contribution in [3.05, 3.63) is 87.6 Å². The summed E-state index contributed by atoms with van der Waals surface area (Å²) in [5, 5.41) is 5.12. The SMILES string of the molecule is CCc1ccc(NC(=O)[C@@H]2c3ccccc3C(=O)N(CC(C)C)[C@@H]2c2cccs2)cc1. The molecular weight excluding hydrogens is 404 g/mol. The molecule has 0 spiro atoms. The Kier molecular flexibility index (Phi) is 6.23. The molecule has 0 fully saturated rings. The van der Waals surface area contributed by atoms with Crippen LogP contribution in [0.3, 0.4) is 0 Å². The number of fused-ring (bicyclic) bond motifs is 1. The second-order valence-electron chi connectivity index (χ2n) is 8.42. The van der Waals surface area contributed by atoms with Crippen LogP contribution in [-0.4, -0.2) is 23.3 Å². The van der Waals surface area contributed by atoms with Gasteiger partial charge in [0.05, 0.1) is 12.0 Å². The van der Waals surface area contributed by atoms with Gasteiger partial charge in [-0.25, -0.2) is 0 Å². The molecule has 160 valence electrons. The monoisotopic (exact) mass is 432 g/mol. The number of anilines is 1. The number of carbonyl (C=O) groups excluding carboxylic acids is 2. The van der Waals surface area contributed by atoms with Crippen LogP contribution in [0.2, 0.25) is 0 Å². The van der Waals surface area contributed by atoms with Gasteiger partial charge in [-0.2, -0.15) is 0 Å². The number of nitrogens with zero attached hydrogens (tertiary/aromatic N) is 1. The van der Waals surface area contributed by atoms with Crippen LogP contribution in [-0.2, 0) is 11.2 Å². The lowest BCUT2D eigenvalue weighted by molar-refractivity contribution is -0.119. The van der Waals surface area contributed by atoms with Gasteiger partial charge in [0.25, 0.3) is 5.91 Å². The summed E-state index contributed by atoms with van der Waals surface area (Å²) in [7, 11) is 0. The highest BCUT2D eigenvalue weighted by Gasteiger charge is 2.44. The number of thiophene rings is 1. The van der Waals surface area contributed by atoms with Crippen molar-refractivity contribution in [1.29, 1.82) is 0 Å². The van der Waals surface area contributed by atoms with E-state index in [1.165, 1.54) is 5.56 Å². The predicted molar refractivity (Wildman–Crippen MR) is 127 cm³/mol. The van der Waals surface area contributed by atoms with E-state index >= 15 is 0 Å². The zero-order valence-corrected chi connectivity index (χ0v) is 19.0. The molecule has 1 aromatic heterocycles. The van der Waals surface area contributed by atoms with E-state index in [2.05, 4.69) is 26.1 Å². The van der Waals surface area contributed by atoms with Crippen molar-refractivity contribution in [2.45, 2.75) is 39.2 Å². The Hall–Kier alpha value is -2.92. The van der Waals surface area contributed by atoms with E-state index in [9.17, 15) is 9.59 Å². The summed E-state index contributed by atoms with van der Waals surface area (Å²) in [6.45, 7) is 6.91. The molecule has 0 saturated carbocycles. The lowest BCUT2D eigenvalue weighted by Crippen LogP contribution is -2.47. The standard InChI is InChI=1S/C26H28N2O2S/c1-4-18-11-13-19(14-12-18)27-25(29)23-20-8-5-6-9-21(20)26(30)28(16-17(2)3)24(23)22-10-7-15-31-22/h5-15,17,23-24H,4,16H2,1-3H3,(H,27,29)/t23-,24-/m1/s1. The van der Waals surface area contributed by atoms with Crippen LogP contribution in [0, 0.1) is 5.92 Å². The summed E-state index contributed by atoms with van der Waals surface area (Å²) < 4.78 is 0. The highest BCUT2D eigenvalue weighted by Crippen LogP contribution is 2.44. The molecule has 0 saturated heterocycles. The van der Waals surface area contributed by atoms with Crippen LogP contribution in [0.4, 0.5) is 5.69 Å². The third kappa shape index (κ3) is 4.28. The van der Waals surface area contributed by atoms with Crippen molar-refractivity contribution in [2.75, 3.05) is 11.9 Å². The van der Waals surface area contributed by atoms with Crippen LogP contribution in [0.15, 0.2) is 66.0 Å². The highest BCUT2D eigenvalue weighted by atomic mass is 32.1. The normalized spacial score (nSPS) is 18.2. The number of carbonyl (C=O) groups is 2. The van der Waals surface area contributed by atoms with Crippen molar-refractivity contribution < 1.29 is 9.59 Å². The molecular formula is C26H28N2O2S. The first-order chi connectivity index (χ1) is 15.0. The summed E-state index contributed by atoms with van der Waals surface area (Å²) in [4.78, 5) is 30.1. The molecule has 2 aromatic carbocycles. The van der Waals surface area contributed by atoms with E-state index in [-0.39, 0.29) is 17.9 Å². The minimum absolute atomic E-state index is 0.000881. The average Bonchev–Trinajstić information content (AvgIpc) is 3.30. The molecule has 31 heavy (non-hydrogen) atoms. The van der Waals surface area contributed by atoms with Gasteiger partial charge < -0.3 is 10.2 Å². The summed E-state index contributed by atoms with van der Waals surface area (Å²) >= 11 is 1.60. The van der Waals surface area contributed by atoms with Gasteiger partial charge in [-0.05, 0) is 53.1 Å². The van der Waals surface area contributed by atoms with Gasteiger partial charge in [-0.1, -0.05) is 57.2 Å². The molecule has 1 aliphatic heterocycles. The molecule has 0 aliphatic carbocycles. The van der Waals surface area contributed by atoms with Gasteiger partial charge in [-0.15, -0.1) is 11.3 Å². The fourth-order valence-electron chi connectivity index (χ4n) is 4.29. The first kappa shape index (κ1) is 21.3. The average molecular weight is 433 g/mol. The van der Waals surface area contributed by atoms with E-state index in [4.69, 9.17) is 0 Å². The van der Waals surface area contributed by atoms with E-state index < -0.39 is 5.92 Å². The van der Waals surface area contributed by atoms with Gasteiger partial charge in [0.15, 0.2) is 0 Å². The second kappa shape index (κ2) is 9.06. The van der Waals surface area contributed by atoms with Crippen molar-refractivity contribution in [3.63, 3.8) is 0 Å². The molecule has 1 N–H and O–H groups in total. The van der Waals surface area contributed by atoms with Crippen LogP contribution in [0.5, 0.6) is 0 Å². The van der Waals surface area contributed by atoms with Gasteiger partial charge in [0.2, 0.25) is 5.91 Å². The predicted octanol–water partition coefficient (Wildman–Crippen LogP) is 5.89. The summed E-state index contributed by atoms with van der Waals surface area (Å²) in [6.07, 6.45) is 0.955. The molecule has 2 heterocycles. The number of benzene rings is 2. The number of rotatable bonds is 6. The second-order valence-corrected chi connectivity index (χ2v) is 9.40. The Morgan fingerprint density at radius 1 is 1.06 bits per heavy atom. The number of hydrogen-bond acceptors (Lipinski definition) is 3. The van der Waals surface area contributed by atoms with Crippen LogP contribution < -0.4 is 5.32 Å². The van der Waals surface area contributed by atoms with Crippen LogP contribution >= 0.6 is 11.3 Å². The smallest absolute Gasteiger partial charge is 0.254 e. The maximum Gasteiger partial charge on any atom is 0.254 e. The maximum absolute atomic E-state index is 13.7. The topological polar surface area (TPSA) is 49.4 Å². The van der Waals surface area contributed by atoms with Crippen LogP contribution in [0.25, 0.3) is 0 Å². The number of nitrogens with one attached hydrogen (secondary N) is 1. The third-order valence-corrected chi connectivity index (χ3v) is 6.69. The fraction of sp³-hybridized carbons (Fsp3) is 0.308. The Morgan fingerprint density at radius 2 is 1.81 bits per heavy atom. The van der Waals surface area contributed by atoms with Crippen molar-refractivity contribution in [1.82, 2.24) is 4.90 Å². The van der Waals surface area contributed by atoms with E-state index in [1.807, 2.05) is 70.9 Å². The summed E-state index contributed by atoms with van der Waals surface area (Å²) in [5.74, 6) is -0.269. The molecule has 3 aromatic rings. The van der Waals surface area contributed by atoms with Gasteiger partial charge >= 0.3 is 0 Å². The third-order valence-electron chi connectivity index (χ3n) is 5.75. The molecule has 4 rings (SSSR count). The molecule has 2 amide bonds. The Balaban J connectivity index is 1.78. The lowest BCUT2D eigenvalue weighted by atomic mass is 9.81. The number of amides is 2. The highest BCUT2D eigenvalue weighted by molar-refractivity contribution is 7.10. The first-order valence-electron chi connectivity index (χ1n) is 10.8. The molecule has 5 heteroatoms. The fourth-order valence-corrected chi connectivity index (χ4v) is 5.16. The van der Waals surface area contributed by atoms with Gasteiger partial charge in [0.1, 0.15) is 0 Å². The Labute approximate surface area is 187 Å². The summed E-state index contributed by atoms with van der Waals surface area (Å²) in [5.41, 5.74) is 3.43. The number of hydrogen-bond donors (Lipinski definition) is 1. The molecule has 1 aliphatic rings. The van der Waals surface area contributed by atoms with Crippen molar-refractivity contribution >= 4 is 28.8 Å². The van der Waals surface area contributed by atoms with Crippen LogP contribution in [0.1, 0.15) is 59.1 Å². The molecule has 0 unspecified atom stereocenters. The first-order valence-corrected chi connectivity index (χ1v) is 11.7. The maximum atomic E-state index is 13.7. The largest absolute Gasteiger partial charge is 0.329 e. The van der Waals surface area contributed by atoms with Gasteiger partial charge in [0, 0.05) is 22.7 Å². The van der Waals surface area contributed by atoms with E-state index in [0.717, 1.165) is 22.5 Å². The zero-order chi connectivity index (χ0) is 22.0. The minimum Gasteiger partial charge on any atom is -0.329 e. The molecule has 0 bridgehead atoms. The van der Waals surface area contributed by atoms with E-state index in [1.54, 1.807) is 11.3 Å². The number of aryl methyl sites for hydroxylation is 1. The quantitative estimate of drug-likeness (QED) is 0.528. The molecule has 4 nitrogen and oxygen atoms in total. The molecule has 2 atom stereocenters. The van der Waals surface area contributed by atoms with Gasteiger partial charge in [-0.3, -0.25) is 9.59 Å². The van der Waals surface area contributed by atoms with Crippen molar-refractivity contribution in [3.8, 4) is 0 Å². The van der Waals surface area contributed by atoms with E-state index in [0.29, 0.717) is 18.0 Å². The zero-order valence-electron chi connectivity index (χ0n) is 18.2. The Bertz CT molecular complexity index is 1060.